The maximum atomic E-state index is 12.0. The summed E-state index contributed by atoms with van der Waals surface area (Å²) in [4.78, 5) is 30.7. The first-order valence-corrected chi connectivity index (χ1v) is 9.07. The zero-order valence-electron chi connectivity index (χ0n) is 15.6. The van der Waals surface area contributed by atoms with E-state index < -0.39 is 5.60 Å². The van der Waals surface area contributed by atoms with E-state index in [1.54, 1.807) is 16.7 Å². The van der Waals surface area contributed by atoms with Crippen molar-refractivity contribution in [2.24, 2.45) is 7.05 Å². The fourth-order valence-corrected chi connectivity index (χ4v) is 4.15. The minimum atomic E-state index is -0.435. The zero-order chi connectivity index (χ0) is 19.5. The Kier molecular flexibility index (Phi) is 3.60. The number of methoxy groups -OCH3 is 1. The number of anilines is 1. The van der Waals surface area contributed by atoms with Crippen LogP contribution in [0.25, 0.3) is 11.0 Å². The molecule has 1 atom stereocenters. The molecule has 5 rings (SSSR count). The first kappa shape index (κ1) is 17.0. The van der Waals surface area contributed by atoms with Crippen LogP contribution in [0.5, 0.6) is 0 Å². The van der Waals surface area contributed by atoms with Gasteiger partial charge in [-0.1, -0.05) is 0 Å². The molecule has 28 heavy (non-hydrogen) atoms. The van der Waals surface area contributed by atoms with Crippen molar-refractivity contribution >= 4 is 23.0 Å². The normalized spacial score (nSPS) is 21.4. The number of rotatable bonds is 2. The lowest BCUT2D eigenvalue weighted by Gasteiger charge is -2.33. The number of aryl methyl sites for hydroxylation is 1. The molecule has 0 radical (unpaired) electrons. The highest BCUT2D eigenvalue weighted by molar-refractivity contribution is 5.94. The number of hydrogen-bond acceptors (Lipinski definition) is 7. The molecule has 10 nitrogen and oxygen atoms in total. The van der Waals surface area contributed by atoms with Gasteiger partial charge in [-0.2, -0.15) is 5.10 Å². The van der Waals surface area contributed by atoms with Gasteiger partial charge in [0, 0.05) is 13.6 Å². The van der Waals surface area contributed by atoms with Gasteiger partial charge in [0.15, 0.2) is 5.82 Å². The van der Waals surface area contributed by atoms with Crippen molar-refractivity contribution < 1.29 is 14.3 Å². The van der Waals surface area contributed by atoms with E-state index in [1.807, 2.05) is 17.7 Å². The van der Waals surface area contributed by atoms with E-state index in [4.69, 9.17) is 14.5 Å². The molecule has 1 fully saturated rings. The summed E-state index contributed by atoms with van der Waals surface area (Å²) in [6.07, 6.45) is 0.792. The van der Waals surface area contributed by atoms with Gasteiger partial charge in [0.2, 0.25) is 5.95 Å². The van der Waals surface area contributed by atoms with Crippen LogP contribution < -0.4 is 10.6 Å². The Bertz CT molecular complexity index is 1140. The second kappa shape index (κ2) is 5.93. The molecule has 0 bridgehead atoms. The molecule has 1 N–H and O–H groups in total. The number of aromatic nitrogens is 5. The van der Waals surface area contributed by atoms with Gasteiger partial charge >= 0.3 is 11.7 Å². The molecule has 0 saturated carbocycles. The van der Waals surface area contributed by atoms with Crippen molar-refractivity contribution in [1.29, 1.82) is 0 Å². The number of imidazole rings is 1. The van der Waals surface area contributed by atoms with Crippen molar-refractivity contribution in [1.82, 2.24) is 24.3 Å². The fourth-order valence-electron chi connectivity index (χ4n) is 4.15. The lowest BCUT2D eigenvalue weighted by molar-refractivity contribution is -0.0760. The summed E-state index contributed by atoms with van der Waals surface area (Å²) in [6, 6.07) is 5.35. The number of fused-ring (bicyclic) bond motifs is 2. The van der Waals surface area contributed by atoms with Gasteiger partial charge in [-0.15, -0.1) is 0 Å². The van der Waals surface area contributed by atoms with Crippen LogP contribution >= 0.6 is 0 Å². The van der Waals surface area contributed by atoms with Gasteiger partial charge in [0.25, 0.3) is 0 Å². The molecular weight excluding hydrogens is 364 g/mol. The number of carbonyl (C=O) groups is 1. The van der Waals surface area contributed by atoms with Crippen LogP contribution in [-0.4, -0.2) is 56.1 Å². The fraction of sp³-hybridized carbons (Fsp3) is 0.444. The minimum Gasteiger partial charge on any atom is -0.465 e. The number of benzene rings is 1. The van der Waals surface area contributed by atoms with Crippen LogP contribution in [0.1, 0.15) is 22.6 Å². The molecule has 1 aromatic carbocycles. The van der Waals surface area contributed by atoms with Crippen LogP contribution in [0.4, 0.5) is 5.95 Å². The molecule has 10 heteroatoms. The van der Waals surface area contributed by atoms with Crippen LogP contribution in [0.15, 0.2) is 23.0 Å². The summed E-state index contributed by atoms with van der Waals surface area (Å²) in [5.74, 6) is 1.06. The third-order valence-corrected chi connectivity index (χ3v) is 5.67. The van der Waals surface area contributed by atoms with E-state index >= 15 is 0 Å². The maximum absolute atomic E-state index is 12.0. The van der Waals surface area contributed by atoms with E-state index in [2.05, 4.69) is 15.1 Å². The van der Waals surface area contributed by atoms with E-state index in [1.165, 1.54) is 7.11 Å². The number of aromatic amines is 1. The average molecular weight is 384 g/mol. The first-order valence-electron chi connectivity index (χ1n) is 9.07. The molecule has 2 aromatic heterocycles. The van der Waals surface area contributed by atoms with E-state index in [-0.39, 0.29) is 11.7 Å². The standard InChI is InChI=1S/C18H20N6O4/c1-22-13-4-3-11(15(25)27-2)7-12(13)19-16(22)23-6-5-18(9-23)10-24-14(8-28-18)20-21-17(24)26/h3-4,7H,5-6,8-10H2,1-2H3,(H,21,26). The predicted molar refractivity (Wildman–Crippen MR) is 99.3 cm³/mol. The topological polar surface area (TPSA) is 107 Å². The van der Waals surface area contributed by atoms with Gasteiger partial charge in [-0.05, 0) is 24.6 Å². The molecule has 146 valence electrons. The molecule has 2 aliphatic rings. The van der Waals surface area contributed by atoms with E-state index in [0.29, 0.717) is 31.1 Å². The third-order valence-electron chi connectivity index (χ3n) is 5.67. The van der Waals surface area contributed by atoms with Crippen molar-refractivity contribution in [3.05, 3.63) is 40.1 Å². The first-order chi connectivity index (χ1) is 13.5. The van der Waals surface area contributed by atoms with Gasteiger partial charge < -0.3 is 18.9 Å². The Hall–Kier alpha value is -3.14. The Morgan fingerprint density at radius 1 is 1.36 bits per heavy atom. The number of ether oxygens (including phenoxy) is 2. The van der Waals surface area contributed by atoms with Gasteiger partial charge in [-0.3, -0.25) is 4.57 Å². The van der Waals surface area contributed by atoms with E-state index in [9.17, 15) is 9.59 Å². The third kappa shape index (κ3) is 2.44. The van der Waals surface area contributed by atoms with Crippen molar-refractivity contribution in [2.45, 2.75) is 25.2 Å². The molecule has 4 heterocycles. The molecular formula is C18H20N6O4. The molecule has 0 amide bonds. The Balaban J connectivity index is 1.45. The largest absolute Gasteiger partial charge is 0.465 e. The Morgan fingerprint density at radius 3 is 3.04 bits per heavy atom. The van der Waals surface area contributed by atoms with E-state index in [0.717, 1.165) is 29.9 Å². The molecule has 1 unspecified atom stereocenters. The van der Waals surface area contributed by atoms with Crippen molar-refractivity contribution in [2.75, 3.05) is 25.1 Å². The molecule has 1 saturated heterocycles. The van der Waals surface area contributed by atoms with Gasteiger partial charge in [-0.25, -0.2) is 19.7 Å². The van der Waals surface area contributed by atoms with Gasteiger partial charge in [0.05, 0.1) is 36.8 Å². The van der Waals surface area contributed by atoms with Gasteiger partial charge in [0.1, 0.15) is 12.2 Å². The monoisotopic (exact) mass is 384 g/mol. The number of carbonyl (C=O) groups excluding carboxylic acids is 1. The highest BCUT2D eigenvalue weighted by Gasteiger charge is 2.44. The van der Waals surface area contributed by atoms with Crippen LogP contribution in [0.3, 0.4) is 0 Å². The lowest BCUT2D eigenvalue weighted by atomic mass is 10.0. The van der Waals surface area contributed by atoms with Crippen LogP contribution in [0, 0.1) is 0 Å². The summed E-state index contributed by atoms with van der Waals surface area (Å²) in [5.41, 5.74) is 1.51. The SMILES string of the molecule is COC(=O)c1ccc2c(c1)nc(N1CCC3(C1)Cn1c(n[nH]c1=O)CO3)n2C. The zero-order valence-corrected chi connectivity index (χ0v) is 15.6. The van der Waals surface area contributed by atoms with Crippen molar-refractivity contribution in [3.63, 3.8) is 0 Å². The second-order valence-electron chi connectivity index (χ2n) is 7.34. The van der Waals surface area contributed by atoms with Crippen LogP contribution in [0.2, 0.25) is 0 Å². The average Bonchev–Trinajstić information content (AvgIpc) is 3.38. The molecule has 3 aromatic rings. The molecule has 0 aliphatic carbocycles. The predicted octanol–water partition coefficient (Wildman–Crippen LogP) is 0.424. The summed E-state index contributed by atoms with van der Waals surface area (Å²) in [5, 5.41) is 6.48. The Morgan fingerprint density at radius 2 is 2.21 bits per heavy atom. The smallest absolute Gasteiger partial charge is 0.343 e. The quantitative estimate of drug-likeness (QED) is 0.638. The van der Waals surface area contributed by atoms with Crippen LogP contribution in [-0.2, 0) is 29.7 Å². The maximum Gasteiger partial charge on any atom is 0.343 e. The number of nitrogens with one attached hydrogen (secondary N) is 1. The molecule has 2 aliphatic heterocycles. The second-order valence-corrected chi connectivity index (χ2v) is 7.34. The lowest BCUT2D eigenvalue weighted by Crippen LogP contribution is -2.46. The highest BCUT2D eigenvalue weighted by Crippen LogP contribution is 2.34. The summed E-state index contributed by atoms with van der Waals surface area (Å²) in [7, 11) is 3.31. The number of esters is 1. The summed E-state index contributed by atoms with van der Waals surface area (Å²) >= 11 is 0. The number of nitrogens with zero attached hydrogens (tertiary/aromatic N) is 5. The summed E-state index contributed by atoms with van der Waals surface area (Å²) < 4.78 is 14.6. The highest BCUT2D eigenvalue weighted by atomic mass is 16.5. The van der Waals surface area contributed by atoms with Crippen molar-refractivity contribution in [3.8, 4) is 0 Å². The summed E-state index contributed by atoms with van der Waals surface area (Å²) in [6.45, 7) is 2.19. The number of hydrogen-bond donors (Lipinski definition) is 1. The Labute approximate surface area is 159 Å². The minimum absolute atomic E-state index is 0.200. The molecule has 1 spiro atoms. The number of H-pyrrole nitrogens is 1.